The largest absolute Gasteiger partial charge is 0.297 e. The first-order valence-electron chi connectivity index (χ1n) is 14.2. The van der Waals surface area contributed by atoms with Gasteiger partial charge >= 0.3 is 0 Å². The van der Waals surface area contributed by atoms with Crippen LogP contribution in [0.5, 0.6) is 0 Å². The molecule has 4 nitrogen and oxygen atoms in total. The lowest BCUT2D eigenvalue weighted by Gasteiger charge is -2.34. The molecular weight excluding hydrogens is 499 g/mol. The molecule has 0 spiro atoms. The van der Waals surface area contributed by atoms with Crippen LogP contribution in [0.4, 0.5) is 0 Å². The van der Waals surface area contributed by atoms with Crippen LogP contribution in [0.1, 0.15) is 33.9 Å². The van der Waals surface area contributed by atoms with E-state index in [1.807, 2.05) is 0 Å². The first-order valence-corrected chi connectivity index (χ1v) is 14.2. The number of fused-ring (bicyclic) bond motifs is 2. The van der Waals surface area contributed by atoms with E-state index < -0.39 is 0 Å². The van der Waals surface area contributed by atoms with Crippen molar-refractivity contribution in [3.05, 3.63) is 137 Å². The van der Waals surface area contributed by atoms with Crippen molar-refractivity contribution >= 4 is 56.3 Å². The Bertz CT molecular complexity index is 2160. The Morgan fingerprint density at radius 1 is 0.488 bits per heavy atom. The zero-order valence-corrected chi connectivity index (χ0v) is 22.7. The summed E-state index contributed by atoms with van der Waals surface area (Å²) in [6, 6.07) is 37.7. The van der Waals surface area contributed by atoms with Gasteiger partial charge in [-0.15, -0.1) is 0 Å². The molecule has 0 saturated heterocycles. The van der Waals surface area contributed by atoms with Gasteiger partial charge in [0.15, 0.2) is 0 Å². The predicted molar refractivity (Wildman–Crippen MR) is 168 cm³/mol. The van der Waals surface area contributed by atoms with Crippen LogP contribution in [0, 0.1) is 13.8 Å². The van der Waals surface area contributed by atoms with Gasteiger partial charge in [0.2, 0.25) is 0 Å². The molecule has 0 bridgehead atoms. The standard InChI is InChI=1S/C36H23BN4/c1-20-38-26-18-16-24-30(22-10-5-3-6-11-22)31(23-12-7-4-8-13-23)25-17-19-27-36-33(25)37-32(24)35(26)40(20)28-14-9-15-29(34(28)37)41(36)21(2)39-27/h3-19H,1-2H3. The van der Waals surface area contributed by atoms with Gasteiger partial charge in [0.05, 0.1) is 22.1 Å². The molecule has 5 heteroatoms. The molecule has 0 fully saturated rings. The second-order valence-electron chi connectivity index (χ2n) is 11.4. The third-order valence-electron chi connectivity index (χ3n) is 9.37. The third kappa shape index (κ3) is 2.49. The highest BCUT2D eigenvalue weighted by Crippen LogP contribution is 2.42. The molecule has 0 N–H and O–H groups in total. The Balaban J connectivity index is 1.54. The second-order valence-corrected chi connectivity index (χ2v) is 11.4. The number of rotatable bonds is 2. The molecular formula is C36H23BN4. The molecule has 0 unspecified atom stereocenters. The molecule has 0 amide bonds. The van der Waals surface area contributed by atoms with Gasteiger partial charge in [-0.05, 0) is 87.9 Å². The fourth-order valence-corrected chi connectivity index (χ4v) is 7.96. The van der Waals surface area contributed by atoms with Crippen LogP contribution in [-0.2, 0) is 0 Å². The van der Waals surface area contributed by atoms with Crippen molar-refractivity contribution in [1.29, 1.82) is 0 Å². The smallest absolute Gasteiger partial charge is 0.253 e. The van der Waals surface area contributed by atoms with Crippen LogP contribution in [0.2, 0.25) is 0 Å². The van der Waals surface area contributed by atoms with E-state index >= 15 is 0 Å². The van der Waals surface area contributed by atoms with Crippen LogP contribution < -0.4 is 16.4 Å². The summed E-state index contributed by atoms with van der Waals surface area (Å²) in [6.45, 7) is 4.34. The molecule has 0 saturated carbocycles. The summed E-state index contributed by atoms with van der Waals surface area (Å²) in [5.74, 6) is 2.04. The van der Waals surface area contributed by atoms with Crippen LogP contribution >= 0.6 is 0 Å². The predicted octanol–water partition coefficient (Wildman–Crippen LogP) is 5.45. The van der Waals surface area contributed by atoms with E-state index in [4.69, 9.17) is 9.97 Å². The summed E-state index contributed by atoms with van der Waals surface area (Å²) in [7, 11) is 0. The highest BCUT2D eigenvalue weighted by Gasteiger charge is 2.45. The van der Waals surface area contributed by atoms with Gasteiger partial charge < -0.3 is 0 Å². The van der Waals surface area contributed by atoms with Crippen LogP contribution in [0.25, 0.3) is 44.6 Å². The van der Waals surface area contributed by atoms with Crippen molar-refractivity contribution < 1.29 is 0 Å². The molecule has 5 aromatic carbocycles. The lowest BCUT2D eigenvalue weighted by Crippen LogP contribution is -2.60. The molecule has 190 valence electrons. The summed E-state index contributed by atoms with van der Waals surface area (Å²) >= 11 is 0. The van der Waals surface area contributed by atoms with Crippen LogP contribution in [0.15, 0.2) is 103 Å². The highest BCUT2D eigenvalue weighted by atomic mass is 15.1. The Labute approximate surface area is 237 Å². The second kappa shape index (κ2) is 7.32. The molecule has 3 aliphatic rings. The minimum Gasteiger partial charge on any atom is -0.297 e. The van der Waals surface area contributed by atoms with Gasteiger partial charge in [-0.2, -0.15) is 0 Å². The van der Waals surface area contributed by atoms with Gasteiger partial charge in [0.1, 0.15) is 11.6 Å². The van der Waals surface area contributed by atoms with E-state index in [2.05, 4.69) is 126 Å². The number of nitrogens with zero attached hydrogens (tertiary/aromatic N) is 4. The fourth-order valence-electron chi connectivity index (χ4n) is 7.96. The highest BCUT2D eigenvalue weighted by molar-refractivity contribution is 7.01. The first kappa shape index (κ1) is 21.6. The quantitative estimate of drug-likeness (QED) is 0.284. The lowest BCUT2D eigenvalue weighted by atomic mass is 9.33. The third-order valence-corrected chi connectivity index (χ3v) is 9.37. The molecule has 5 heterocycles. The lowest BCUT2D eigenvalue weighted by molar-refractivity contribution is 0.981. The van der Waals surface area contributed by atoms with Gasteiger partial charge in [0, 0.05) is 11.4 Å². The van der Waals surface area contributed by atoms with E-state index in [0.29, 0.717) is 0 Å². The molecule has 0 radical (unpaired) electrons. The zero-order chi connectivity index (χ0) is 27.0. The molecule has 0 atom stereocenters. The van der Waals surface area contributed by atoms with Gasteiger partial charge in [-0.1, -0.05) is 78.9 Å². The molecule has 7 aromatic rings. The minimum atomic E-state index is 0.0747. The Hall–Kier alpha value is -5.16. The van der Waals surface area contributed by atoms with Crippen molar-refractivity contribution in [1.82, 2.24) is 19.1 Å². The number of hydrogen-bond donors (Lipinski definition) is 0. The molecule has 10 rings (SSSR count). The minimum absolute atomic E-state index is 0.0747. The molecule has 3 aliphatic heterocycles. The molecule has 41 heavy (non-hydrogen) atoms. The van der Waals surface area contributed by atoms with Crippen molar-refractivity contribution in [3.8, 4) is 11.4 Å². The van der Waals surface area contributed by atoms with E-state index in [1.54, 1.807) is 0 Å². The number of hydrogen-bond acceptors (Lipinski definition) is 2. The maximum Gasteiger partial charge on any atom is 0.253 e. The SMILES string of the molecule is Cc1nc2ccc3c4c2n1-c1cccc2c1B4c1c(ccc4nc(C)n-2c14)C(c1ccccc1)=C3c1ccccc1. The Morgan fingerprint density at radius 2 is 0.951 bits per heavy atom. The van der Waals surface area contributed by atoms with Crippen LogP contribution in [0.3, 0.4) is 0 Å². The van der Waals surface area contributed by atoms with E-state index in [0.717, 1.165) is 22.7 Å². The van der Waals surface area contributed by atoms with Gasteiger partial charge in [-0.3, -0.25) is 9.13 Å². The molecule has 0 aliphatic carbocycles. The van der Waals surface area contributed by atoms with Crippen molar-refractivity contribution in [2.45, 2.75) is 13.8 Å². The summed E-state index contributed by atoms with van der Waals surface area (Å²) in [6.07, 6.45) is 0. The van der Waals surface area contributed by atoms with Crippen molar-refractivity contribution in [2.75, 3.05) is 0 Å². The summed E-state index contributed by atoms with van der Waals surface area (Å²) in [4.78, 5) is 10.2. The average Bonchev–Trinajstić information content (AvgIpc) is 3.49. The van der Waals surface area contributed by atoms with Gasteiger partial charge in [0.25, 0.3) is 6.71 Å². The zero-order valence-electron chi connectivity index (χ0n) is 22.7. The van der Waals surface area contributed by atoms with Crippen molar-refractivity contribution in [3.63, 3.8) is 0 Å². The molecule has 2 aromatic heterocycles. The summed E-state index contributed by atoms with van der Waals surface area (Å²) < 4.78 is 4.80. The maximum absolute atomic E-state index is 5.10. The Morgan fingerprint density at radius 3 is 1.41 bits per heavy atom. The summed E-state index contributed by atoms with van der Waals surface area (Å²) in [5, 5.41) is 0. The van der Waals surface area contributed by atoms with Crippen LogP contribution in [-0.4, -0.2) is 25.8 Å². The average molecular weight is 522 g/mol. The maximum atomic E-state index is 5.10. The number of aryl methyl sites for hydroxylation is 2. The van der Waals surface area contributed by atoms with Gasteiger partial charge in [-0.25, -0.2) is 9.97 Å². The topological polar surface area (TPSA) is 35.6 Å². The number of benzene rings is 5. The fraction of sp³-hybridized carbons (Fsp3) is 0.0556. The Kier molecular flexibility index (Phi) is 3.86. The first-order chi connectivity index (χ1) is 20.2. The monoisotopic (exact) mass is 522 g/mol. The summed E-state index contributed by atoms with van der Waals surface area (Å²) in [5.41, 5.74) is 18.6. The van der Waals surface area contributed by atoms with Crippen molar-refractivity contribution in [2.24, 2.45) is 0 Å². The normalized spacial score (nSPS) is 14.0. The number of imidazole rings is 2. The van der Waals surface area contributed by atoms with E-state index in [9.17, 15) is 0 Å². The van der Waals surface area contributed by atoms with E-state index in [1.165, 1.54) is 72.2 Å². The number of aromatic nitrogens is 4. The van der Waals surface area contributed by atoms with E-state index in [-0.39, 0.29) is 6.71 Å².